The Morgan fingerprint density at radius 3 is 1.11 bits per heavy atom. The highest BCUT2D eigenvalue weighted by molar-refractivity contribution is 5.70. The highest BCUT2D eigenvalue weighted by atomic mass is 16.5. The standard InChI is InChI=1S/C56H108N4O4/c1-7-11-15-19-23-25-29-33-37-41-53(39-35-31-27-21-17-13-9-3)63-55(61)43-45-59(50-52-49-57-60(51-52)48-47-58(5)6)46-44-56(62)64-54(40-36-32-28-22-18-14-10-4)42-38-34-30-26-24-20-16-12-8-2/h49,51,53-54H,7-48,50H2,1-6H3. The maximum atomic E-state index is 13.6. The lowest BCUT2D eigenvalue weighted by molar-refractivity contribution is -0.150. The Kier molecular flexibility index (Phi) is 42.1. The fraction of sp³-hybridized carbons (Fsp3) is 0.911. The van der Waals surface area contributed by atoms with Crippen LogP contribution in [0, 0.1) is 0 Å². The number of carbonyl (C=O) groups excluding carboxylic acids is 2. The van der Waals surface area contributed by atoms with E-state index in [9.17, 15) is 9.59 Å². The summed E-state index contributed by atoms with van der Waals surface area (Å²) in [6.45, 7) is 12.6. The van der Waals surface area contributed by atoms with E-state index in [0.29, 0.717) is 32.5 Å². The van der Waals surface area contributed by atoms with Gasteiger partial charge in [0.25, 0.3) is 0 Å². The van der Waals surface area contributed by atoms with Gasteiger partial charge in [-0.15, -0.1) is 0 Å². The predicted octanol–water partition coefficient (Wildman–Crippen LogP) is 16.0. The predicted molar refractivity (Wildman–Crippen MR) is 274 cm³/mol. The number of esters is 2. The SMILES string of the molecule is CCCCCCCCCCCC(CCCCCCCCC)OC(=O)CCN(CCC(=O)OC(CCCCCCCCC)CCCCCCCCCCC)Cc1cnn(CCN(C)C)c1. The summed E-state index contributed by atoms with van der Waals surface area (Å²) in [7, 11) is 4.16. The molecule has 376 valence electrons. The Balaban J connectivity index is 2.86. The Morgan fingerprint density at radius 1 is 0.484 bits per heavy atom. The topological polar surface area (TPSA) is 76.9 Å². The number of rotatable bonds is 49. The Bertz CT molecular complexity index is 1100. The average molecular weight is 902 g/mol. The summed E-state index contributed by atoms with van der Waals surface area (Å²) in [6.07, 6.45) is 49.8. The highest BCUT2D eigenvalue weighted by Gasteiger charge is 2.19. The molecule has 1 aromatic rings. The van der Waals surface area contributed by atoms with E-state index in [4.69, 9.17) is 9.47 Å². The monoisotopic (exact) mass is 901 g/mol. The molecule has 0 aliphatic heterocycles. The molecule has 8 heteroatoms. The fourth-order valence-electron chi connectivity index (χ4n) is 8.98. The normalized spacial score (nSPS) is 12.7. The van der Waals surface area contributed by atoms with E-state index < -0.39 is 0 Å². The Morgan fingerprint density at radius 2 is 0.797 bits per heavy atom. The van der Waals surface area contributed by atoms with Crippen LogP contribution in [0.25, 0.3) is 0 Å². The molecule has 0 aromatic carbocycles. The van der Waals surface area contributed by atoms with Gasteiger partial charge in [0.1, 0.15) is 12.2 Å². The van der Waals surface area contributed by atoms with Crippen molar-refractivity contribution in [2.75, 3.05) is 33.7 Å². The summed E-state index contributed by atoms with van der Waals surface area (Å²) >= 11 is 0. The average Bonchev–Trinajstić information content (AvgIpc) is 3.74. The van der Waals surface area contributed by atoms with E-state index in [-0.39, 0.29) is 24.1 Å². The zero-order chi connectivity index (χ0) is 46.6. The zero-order valence-corrected chi connectivity index (χ0v) is 43.6. The number of likely N-dealkylation sites (N-methyl/N-ethyl adjacent to an activating group) is 1. The second kappa shape index (κ2) is 44.9. The van der Waals surface area contributed by atoms with Gasteiger partial charge in [-0.2, -0.15) is 5.10 Å². The van der Waals surface area contributed by atoms with Crippen LogP contribution in [0.2, 0.25) is 0 Å². The highest BCUT2D eigenvalue weighted by Crippen LogP contribution is 2.21. The van der Waals surface area contributed by atoms with Crippen molar-refractivity contribution >= 4 is 11.9 Å². The maximum absolute atomic E-state index is 13.6. The molecule has 1 aromatic heterocycles. The van der Waals surface area contributed by atoms with E-state index in [1.165, 1.54) is 180 Å². The first kappa shape index (κ1) is 60.1. The molecular weight excluding hydrogens is 793 g/mol. The molecule has 0 saturated heterocycles. The van der Waals surface area contributed by atoms with Crippen molar-refractivity contribution in [2.45, 2.75) is 297 Å². The van der Waals surface area contributed by atoms with Gasteiger partial charge in [-0.3, -0.25) is 19.2 Å². The minimum atomic E-state index is -0.103. The Hall–Kier alpha value is -1.93. The van der Waals surface area contributed by atoms with Crippen molar-refractivity contribution in [2.24, 2.45) is 0 Å². The van der Waals surface area contributed by atoms with Crippen molar-refractivity contribution < 1.29 is 19.1 Å². The molecule has 64 heavy (non-hydrogen) atoms. The van der Waals surface area contributed by atoms with Gasteiger partial charge in [-0.25, -0.2) is 0 Å². The summed E-state index contributed by atoms with van der Waals surface area (Å²) in [5, 5.41) is 4.63. The van der Waals surface area contributed by atoms with E-state index in [1.54, 1.807) is 0 Å². The van der Waals surface area contributed by atoms with Gasteiger partial charge in [0.05, 0.1) is 25.6 Å². The first-order valence-electron chi connectivity index (χ1n) is 28.1. The van der Waals surface area contributed by atoms with E-state index in [0.717, 1.165) is 70.0 Å². The van der Waals surface area contributed by atoms with Crippen LogP contribution >= 0.6 is 0 Å². The molecule has 2 atom stereocenters. The summed E-state index contributed by atoms with van der Waals surface area (Å²) < 4.78 is 14.6. The van der Waals surface area contributed by atoms with Crippen LogP contribution in [0.3, 0.4) is 0 Å². The van der Waals surface area contributed by atoms with Crippen molar-refractivity contribution in [3.8, 4) is 0 Å². The van der Waals surface area contributed by atoms with Gasteiger partial charge in [0, 0.05) is 37.9 Å². The second-order valence-electron chi connectivity index (χ2n) is 20.0. The number of hydrogen-bond acceptors (Lipinski definition) is 7. The first-order valence-corrected chi connectivity index (χ1v) is 28.1. The third-order valence-electron chi connectivity index (χ3n) is 13.2. The molecule has 0 aliphatic carbocycles. The van der Waals surface area contributed by atoms with E-state index in [2.05, 4.69) is 62.9 Å². The second-order valence-corrected chi connectivity index (χ2v) is 20.0. The number of nitrogens with zero attached hydrogens (tertiary/aromatic N) is 4. The van der Waals surface area contributed by atoms with Crippen molar-refractivity contribution in [1.82, 2.24) is 19.6 Å². The molecule has 1 heterocycles. The number of aromatic nitrogens is 2. The molecule has 0 N–H and O–H groups in total. The summed E-state index contributed by atoms with van der Waals surface area (Å²) in [5.41, 5.74) is 1.10. The molecule has 0 saturated carbocycles. The molecule has 0 spiro atoms. The molecule has 0 radical (unpaired) electrons. The lowest BCUT2D eigenvalue weighted by atomic mass is 10.0. The number of carbonyl (C=O) groups is 2. The van der Waals surface area contributed by atoms with Crippen LogP contribution in [0.4, 0.5) is 0 Å². The molecule has 0 amide bonds. The van der Waals surface area contributed by atoms with Crippen LogP contribution in [0.1, 0.15) is 277 Å². The lowest BCUT2D eigenvalue weighted by Crippen LogP contribution is -2.31. The van der Waals surface area contributed by atoms with Gasteiger partial charge in [-0.05, 0) is 65.5 Å². The summed E-state index contributed by atoms with van der Waals surface area (Å²) in [6, 6.07) is 0. The lowest BCUT2D eigenvalue weighted by Gasteiger charge is -2.23. The maximum Gasteiger partial charge on any atom is 0.307 e. The molecule has 1 rings (SSSR count). The van der Waals surface area contributed by atoms with Gasteiger partial charge in [0.15, 0.2) is 0 Å². The van der Waals surface area contributed by atoms with E-state index in [1.807, 2.05) is 10.9 Å². The van der Waals surface area contributed by atoms with Crippen molar-refractivity contribution in [3.63, 3.8) is 0 Å². The minimum absolute atomic E-state index is 0.00474. The molecule has 0 aliphatic rings. The molecule has 8 nitrogen and oxygen atoms in total. The third-order valence-corrected chi connectivity index (χ3v) is 13.2. The van der Waals surface area contributed by atoms with Crippen LogP contribution in [-0.2, 0) is 32.2 Å². The zero-order valence-electron chi connectivity index (χ0n) is 43.6. The fourth-order valence-corrected chi connectivity index (χ4v) is 8.98. The van der Waals surface area contributed by atoms with Gasteiger partial charge in [0.2, 0.25) is 0 Å². The van der Waals surface area contributed by atoms with Crippen LogP contribution in [-0.4, -0.2) is 77.5 Å². The quantitative estimate of drug-likeness (QED) is 0.0476. The third kappa shape index (κ3) is 38.2. The van der Waals surface area contributed by atoms with Crippen LogP contribution in [0.15, 0.2) is 12.4 Å². The summed E-state index contributed by atoms with van der Waals surface area (Å²) in [4.78, 5) is 31.6. The van der Waals surface area contributed by atoms with Crippen molar-refractivity contribution in [3.05, 3.63) is 18.0 Å². The number of hydrogen-bond donors (Lipinski definition) is 0. The Labute approximate surface area is 397 Å². The summed E-state index contributed by atoms with van der Waals surface area (Å²) in [5.74, 6) is -0.206. The molecule has 2 unspecified atom stereocenters. The largest absolute Gasteiger partial charge is 0.462 e. The smallest absolute Gasteiger partial charge is 0.307 e. The molecule has 0 fully saturated rings. The van der Waals surface area contributed by atoms with Gasteiger partial charge in [-0.1, -0.05) is 207 Å². The van der Waals surface area contributed by atoms with E-state index >= 15 is 0 Å². The molecule has 0 bridgehead atoms. The number of ether oxygens (including phenoxy) is 2. The van der Waals surface area contributed by atoms with Crippen LogP contribution in [0.5, 0.6) is 0 Å². The van der Waals surface area contributed by atoms with Crippen LogP contribution < -0.4 is 0 Å². The van der Waals surface area contributed by atoms with Gasteiger partial charge < -0.3 is 14.4 Å². The first-order chi connectivity index (χ1) is 31.3. The number of unbranched alkanes of at least 4 members (excludes halogenated alkanes) is 28. The van der Waals surface area contributed by atoms with Gasteiger partial charge >= 0.3 is 11.9 Å². The molecular formula is C56H108N4O4. The minimum Gasteiger partial charge on any atom is -0.462 e. The van der Waals surface area contributed by atoms with Crippen molar-refractivity contribution in [1.29, 1.82) is 0 Å².